The Morgan fingerprint density at radius 1 is 1.41 bits per heavy atom. The molecule has 1 heterocycles. The minimum Gasteiger partial charge on any atom is -0.443 e. The molecule has 1 fully saturated rings. The highest BCUT2D eigenvalue weighted by Gasteiger charge is 2.34. The molecule has 0 saturated heterocycles. The molecule has 146 valence electrons. The summed E-state index contributed by atoms with van der Waals surface area (Å²) in [7, 11) is 0. The molecule has 1 aromatic heterocycles. The number of ether oxygens (including phenoxy) is 1. The van der Waals surface area contributed by atoms with E-state index in [1.54, 1.807) is 4.68 Å². The van der Waals surface area contributed by atoms with Crippen molar-refractivity contribution in [3.05, 3.63) is 34.6 Å². The summed E-state index contributed by atoms with van der Waals surface area (Å²) in [6.07, 6.45) is 1.83. The number of carbonyl (C=O) groups is 1. The highest BCUT2D eigenvalue weighted by Crippen LogP contribution is 2.35. The highest BCUT2D eigenvalue weighted by molar-refractivity contribution is 9.10. The number of hydrogen-bond acceptors (Lipinski definition) is 6. The number of hydrogen-bond donors (Lipinski definition) is 1. The van der Waals surface area contributed by atoms with E-state index in [2.05, 4.69) is 43.8 Å². The van der Waals surface area contributed by atoms with Crippen LogP contribution in [0.4, 0.5) is 4.79 Å². The zero-order valence-electron chi connectivity index (χ0n) is 16.0. The van der Waals surface area contributed by atoms with Crippen LogP contribution in [0.2, 0.25) is 0 Å². The number of aromatic nitrogens is 4. The van der Waals surface area contributed by atoms with E-state index in [4.69, 9.17) is 4.74 Å². The van der Waals surface area contributed by atoms with Crippen molar-refractivity contribution in [1.82, 2.24) is 30.6 Å². The summed E-state index contributed by atoms with van der Waals surface area (Å²) in [5.41, 5.74) is 3.16. The third kappa shape index (κ3) is 5.26. The van der Waals surface area contributed by atoms with Crippen molar-refractivity contribution in [3.8, 4) is 5.69 Å². The van der Waals surface area contributed by atoms with E-state index >= 15 is 0 Å². The normalized spacial score (nSPS) is 15.6. The predicted molar refractivity (Wildman–Crippen MR) is 104 cm³/mol. The Morgan fingerprint density at radius 2 is 2.11 bits per heavy atom. The first-order chi connectivity index (χ1) is 12.7. The van der Waals surface area contributed by atoms with Crippen molar-refractivity contribution in [2.24, 2.45) is 5.92 Å². The molecule has 0 spiro atoms. The predicted octanol–water partition coefficient (Wildman–Crippen LogP) is 3.47. The molecule has 1 N–H and O–H groups in total. The maximum Gasteiger partial charge on any atom is 0.422 e. The Kier molecular flexibility index (Phi) is 5.81. The standard InChI is InChI=1S/C18H25BrN6O2/c1-12(13-9-10-13)24(21-17(26)27-18(2,3)4)11-16-20-22-23-25(16)15-8-6-5-7-14(15)19/h5-8,12-13H,9-11H2,1-4H3,(H,21,26)/t12-/m0/s1. The molecule has 0 bridgehead atoms. The van der Waals surface area contributed by atoms with Gasteiger partial charge >= 0.3 is 6.09 Å². The van der Waals surface area contributed by atoms with Crippen LogP contribution in [0.1, 0.15) is 46.4 Å². The number of halogens is 1. The monoisotopic (exact) mass is 436 g/mol. The molecule has 1 amide bonds. The molecular weight excluding hydrogens is 412 g/mol. The molecule has 1 aliphatic carbocycles. The van der Waals surface area contributed by atoms with Gasteiger partial charge in [-0.3, -0.25) is 5.43 Å². The van der Waals surface area contributed by atoms with Crippen LogP contribution in [0.25, 0.3) is 5.69 Å². The van der Waals surface area contributed by atoms with Crippen LogP contribution < -0.4 is 5.43 Å². The van der Waals surface area contributed by atoms with E-state index < -0.39 is 11.7 Å². The van der Waals surface area contributed by atoms with Crippen LogP contribution in [-0.4, -0.2) is 43.0 Å². The van der Waals surface area contributed by atoms with Gasteiger partial charge in [-0.05, 0) is 84.9 Å². The Hall–Kier alpha value is -2.00. The lowest BCUT2D eigenvalue weighted by molar-refractivity contribution is 0.0204. The Labute approximate surface area is 167 Å². The van der Waals surface area contributed by atoms with Crippen LogP contribution in [0.3, 0.4) is 0 Å². The van der Waals surface area contributed by atoms with E-state index in [1.807, 2.05) is 50.0 Å². The summed E-state index contributed by atoms with van der Waals surface area (Å²) in [4.78, 5) is 12.3. The van der Waals surface area contributed by atoms with Gasteiger partial charge in [-0.1, -0.05) is 12.1 Å². The van der Waals surface area contributed by atoms with E-state index in [0.717, 1.165) is 23.0 Å². The summed E-state index contributed by atoms with van der Waals surface area (Å²) < 4.78 is 7.98. The molecule has 9 heteroatoms. The number of tetrazole rings is 1. The number of hydrazine groups is 1. The summed E-state index contributed by atoms with van der Waals surface area (Å²) in [5.74, 6) is 1.18. The van der Waals surface area contributed by atoms with E-state index in [9.17, 15) is 4.79 Å². The van der Waals surface area contributed by atoms with Crippen molar-refractivity contribution >= 4 is 22.0 Å². The number of carbonyl (C=O) groups excluding carboxylic acids is 1. The second kappa shape index (κ2) is 7.93. The fraction of sp³-hybridized carbons (Fsp3) is 0.556. The fourth-order valence-electron chi connectivity index (χ4n) is 2.80. The van der Waals surface area contributed by atoms with Gasteiger partial charge in [0.25, 0.3) is 0 Å². The largest absolute Gasteiger partial charge is 0.443 e. The lowest BCUT2D eigenvalue weighted by Crippen LogP contribution is -2.49. The van der Waals surface area contributed by atoms with Crippen molar-refractivity contribution in [3.63, 3.8) is 0 Å². The first-order valence-electron chi connectivity index (χ1n) is 9.03. The van der Waals surface area contributed by atoms with Crippen LogP contribution in [0, 0.1) is 5.92 Å². The fourth-order valence-corrected chi connectivity index (χ4v) is 3.26. The van der Waals surface area contributed by atoms with Gasteiger partial charge in [0.15, 0.2) is 5.82 Å². The third-order valence-corrected chi connectivity index (χ3v) is 5.03. The molecule has 8 nitrogen and oxygen atoms in total. The van der Waals surface area contributed by atoms with E-state index in [-0.39, 0.29) is 6.04 Å². The SMILES string of the molecule is C[C@@H](C1CC1)N(Cc1nnnn1-c1ccccc1Br)NC(=O)OC(C)(C)C. The average Bonchev–Trinajstić information content (AvgIpc) is 3.32. The van der Waals surface area contributed by atoms with Crippen LogP contribution in [0.15, 0.2) is 28.7 Å². The Bertz CT molecular complexity index is 799. The second-order valence-corrected chi connectivity index (χ2v) is 8.63. The molecule has 1 aliphatic rings. The molecule has 0 radical (unpaired) electrons. The molecule has 0 aliphatic heterocycles. The first-order valence-corrected chi connectivity index (χ1v) is 9.82. The van der Waals surface area contributed by atoms with Crippen molar-refractivity contribution in [2.45, 2.75) is 58.7 Å². The van der Waals surface area contributed by atoms with Crippen LogP contribution >= 0.6 is 15.9 Å². The van der Waals surface area contributed by atoms with Crippen LogP contribution in [0.5, 0.6) is 0 Å². The molecule has 1 aromatic carbocycles. The second-order valence-electron chi connectivity index (χ2n) is 7.78. The van der Waals surface area contributed by atoms with Gasteiger partial charge in [0, 0.05) is 10.5 Å². The van der Waals surface area contributed by atoms with Gasteiger partial charge in [-0.2, -0.15) is 4.68 Å². The summed E-state index contributed by atoms with van der Waals surface area (Å²) in [6.45, 7) is 7.99. The number of amides is 1. The first kappa shape index (κ1) is 19.8. The van der Waals surface area contributed by atoms with Crippen molar-refractivity contribution in [1.29, 1.82) is 0 Å². The molecule has 1 saturated carbocycles. The number of nitrogens with one attached hydrogen (secondary N) is 1. The minimum absolute atomic E-state index is 0.155. The quantitative estimate of drug-likeness (QED) is 0.697. The smallest absolute Gasteiger partial charge is 0.422 e. The molecule has 1 atom stereocenters. The molecule has 2 aromatic rings. The van der Waals surface area contributed by atoms with Crippen molar-refractivity contribution < 1.29 is 9.53 Å². The van der Waals surface area contributed by atoms with Crippen molar-refractivity contribution in [2.75, 3.05) is 0 Å². The van der Waals surface area contributed by atoms with Gasteiger partial charge in [0.2, 0.25) is 0 Å². The van der Waals surface area contributed by atoms with E-state index in [1.165, 1.54) is 0 Å². The number of nitrogens with zero attached hydrogens (tertiary/aromatic N) is 5. The Balaban J connectivity index is 1.80. The lowest BCUT2D eigenvalue weighted by Gasteiger charge is -2.30. The number of para-hydroxylation sites is 1. The number of rotatable bonds is 6. The third-order valence-electron chi connectivity index (χ3n) is 4.36. The Morgan fingerprint density at radius 3 is 2.74 bits per heavy atom. The molecule has 0 unspecified atom stereocenters. The van der Waals surface area contributed by atoms with Crippen LogP contribution in [-0.2, 0) is 11.3 Å². The summed E-state index contributed by atoms with van der Waals surface area (Å²) >= 11 is 3.53. The number of benzene rings is 1. The molecular formula is C18H25BrN6O2. The van der Waals surface area contributed by atoms with Gasteiger partial charge in [0.1, 0.15) is 5.60 Å². The average molecular weight is 437 g/mol. The molecule has 3 rings (SSSR count). The zero-order chi connectivity index (χ0) is 19.6. The summed E-state index contributed by atoms with van der Waals surface area (Å²) in [6, 6.07) is 7.88. The maximum atomic E-state index is 12.3. The topological polar surface area (TPSA) is 85.2 Å². The van der Waals surface area contributed by atoms with E-state index in [0.29, 0.717) is 18.3 Å². The van der Waals surface area contributed by atoms with Gasteiger partial charge in [-0.25, -0.2) is 9.80 Å². The lowest BCUT2D eigenvalue weighted by atomic mass is 10.2. The van der Waals surface area contributed by atoms with Gasteiger partial charge in [0.05, 0.1) is 12.2 Å². The molecule has 27 heavy (non-hydrogen) atoms. The minimum atomic E-state index is -0.560. The maximum absolute atomic E-state index is 12.3. The van der Waals surface area contributed by atoms with Gasteiger partial charge < -0.3 is 4.74 Å². The highest BCUT2D eigenvalue weighted by atomic mass is 79.9. The zero-order valence-corrected chi connectivity index (χ0v) is 17.6. The summed E-state index contributed by atoms with van der Waals surface area (Å²) in [5, 5.41) is 14.0. The van der Waals surface area contributed by atoms with Gasteiger partial charge in [-0.15, -0.1) is 5.10 Å².